The van der Waals surface area contributed by atoms with Gasteiger partial charge in [0, 0.05) is 0 Å². The van der Waals surface area contributed by atoms with Crippen molar-refractivity contribution in [1.82, 2.24) is 0 Å². The first-order valence-corrected chi connectivity index (χ1v) is 13.2. The van der Waals surface area contributed by atoms with E-state index < -0.39 is 11.7 Å². The van der Waals surface area contributed by atoms with Crippen molar-refractivity contribution in [1.29, 1.82) is 0 Å². The first kappa shape index (κ1) is 24.2. The van der Waals surface area contributed by atoms with Gasteiger partial charge >= 0.3 is 6.18 Å². The number of halogens is 3. The van der Waals surface area contributed by atoms with Crippen molar-refractivity contribution >= 4 is 32.3 Å². The van der Waals surface area contributed by atoms with Gasteiger partial charge in [0.15, 0.2) is 0 Å². The monoisotopic (exact) mass is 524 g/mol. The molecule has 7 rings (SSSR count). The van der Waals surface area contributed by atoms with Crippen LogP contribution in [-0.4, -0.2) is 0 Å². The van der Waals surface area contributed by atoms with Crippen LogP contribution >= 0.6 is 0 Å². The van der Waals surface area contributed by atoms with E-state index in [2.05, 4.69) is 66.7 Å². The van der Waals surface area contributed by atoms with E-state index in [0.29, 0.717) is 11.1 Å². The number of rotatable bonds is 3. The Morgan fingerprint density at radius 1 is 0.300 bits per heavy atom. The minimum atomic E-state index is -4.43. The second-order valence-corrected chi connectivity index (χ2v) is 10.1. The Morgan fingerprint density at radius 2 is 0.700 bits per heavy atom. The van der Waals surface area contributed by atoms with Gasteiger partial charge in [0.2, 0.25) is 0 Å². The number of fused-ring (bicyclic) bond motifs is 6. The number of hydrogen-bond donors (Lipinski definition) is 0. The molecule has 0 radical (unpaired) electrons. The van der Waals surface area contributed by atoms with Crippen LogP contribution in [-0.2, 0) is 6.18 Å². The third-order valence-electron chi connectivity index (χ3n) is 7.66. The standard InChI is InChI=1S/C37H23F3/c38-37(39,40)30-21-28(24-8-2-1-3-9-24)20-29(22-30)26-16-14-25(15-17-26)27-18-19-35-33-12-5-4-10-31(33)32-11-6-7-13-34(32)36(35)23-27/h1-23H. The molecule has 0 spiro atoms. The molecule has 0 unspecified atom stereocenters. The van der Waals surface area contributed by atoms with E-state index in [-0.39, 0.29) is 0 Å². The molecule has 0 aliphatic carbocycles. The quantitative estimate of drug-likeness (QED) is 0.202. The van der Waals surface area contributed by atoms with Crippen molar-refractivity contribution in [2.24, 2.45) is 0 Å². The highest BCUT2D eigenvalue weighted by atomic mass is 19.4. The van der Waals surface area contributed by atoms with Gasteiger partial charge in [0.05, 0.1) is 5.56 Å². The summed E-state index contributed by atoms with van der Waals surface area (Å²) < 4.78 is 41.4. The smallest absolute Gasteiger partial charge is 0.166 e. The summed E-state index contributed by atoms with van der Waals surface area (Å²) in [4.78, 5) is 0. The van der Waals surface area contributed by atoms with Crippen molar-refractivity contribution in [3.63, 3.8) is 0 Å². The molecular weight excluding hydrogens is 501 g/mol. The van der Waals surface area contributed by atoms with Gasteiger partial charge in [-0.25, -0.2) is 0 Å². The fraction of sp³-hybridized carbons (Fsp3) is 0.0270. The van der Waals surface area contributed by atoms with Crippen LogP contribution in [0.25, 0.3) is 65.7 Å². The Labute approximate surface area is 230 Å². The van der Waals surface area contributed by atoms with E-state index >= 15 is 0 Å². The van der Waals surface area contributed by atoms with E-state index in [0.717, 1.165) is 22.3 Å². The molecule has 0 aromatic heterocycles. The Kier molecular flexibility index (Phi) is 5.67. The van der Waals surface area contributed by atoms with Crippen LogP contribution < -0.4 is 0 Å². The summed E-state index contributed by atoms with van der Waals surface area (Å²) in [7, 11) is 0. The molecule has 192 valence electrons. The van der Waals surface area contributed by atoms with E-state index in [1.807, 2.05) is 60.7 Å². The SMILES string of the molecule is FC(F)(F)c1cc(-c2ccccc2)cc(-c2ccc(-c3ccc4c5ccccc5c5ccccc5c4c3)cc2)c1. The molecule has 3 heteroatoms. The van der Waals surface area contributed by atoms with E-state index in [4.69, 9.17) is 0 Å². The molecule has 7 aromatic rings. The molecule has 0 bridgehead atoms. The lowest BCUT2D eigenvalue weighted by Crippen LogP contribution is -2.05. The average molecular weight is 525 g/mol. The first-order chi connectivity index (χ1) is 19.5. The molecule has 0 saturated heterocycles. The topological polar surface area (TPSA) is 0 Å². The summed E-state index contributed by atoms with van der Waals surface area (Å²) in [6.07, 6.45) is -4.43. The molecule has 0 heterocycles. The van der Waals surface area contributed by atoms with Gasteiger partial charge in [-0.2, -0.15) is 13.2 Å². The number of alkyl halides is 3. The van der Waals surface area contributed by atoms with Crippen molar-refractivity contribution in [3.8, 4) is 33.4 Å². The van der Waals surface area contributed by atoms with Crippen LogP contribution in [0.1, 0.15) is 5.56 Å². The molecule has 0 nitrogen and oxygen atoms in total. The van der Waals surface area contributed by atoms with Gasteiger partial charge < -0.3 is 0 Å². The van der Waals surface area contributed by atoms with Crippen LogP contribution in [0.15, 0.2) is 140 Å². The van der Waals surface area contributed by atoms with Crippen LogP contribution in [0.3, 0.4) is 0 Å². The molecule has 0 N–H and O–H groups in total. The van der Waals surface area contributed by atoms with E-state index in [9.17, 15) is 13.2 Å². The predicted octanol–water partition coefficient (Wildman–Crippen LogP) is 11.2. The van der Waals surface area contributed by atoms with Gasteiger partial charge in [-0.1, -0.05) is 115 Å². The minimum absolute atomic E-state index is 0.538. The Balaban J connectivity index is 1.33. The lowest BCUT2D eigenvalue weighted by molar-refractivity contribution is -0.137. The maximum absolute atomic E-state index is 13.8. The van der Waals surface area contributed by atoms with Crippen LogP contribution in [0.4, 0.5) is 13.2 Å². The third-order valence-corrected chi connectivity index (χ3v) is 7.66. The second kappa shape index (κ2) is 9.39. The second-order valence-electron chi connectivity index (χ2n) is 10.1. The molecule has 40 heavy (non-hydrogen) atoms. The summed E-state index contributed by atoms with van der Waals surface area (Å²) in [5, 5.41) is 7.26. The molecule has 0 atom stereocenters. The average Bonchev–Trinajstić information content (AvgIpc) is 3.01. The molecule has 0 aliphatic heterocycles. The highest BCUT2D eigenvalue weighted by Crippen LogP contribution is 2.39. The summed E-state index contributed by atoms with van der Waals surface area (Å²) >= 11 is 0. The Morgan fingerprint density at radius 3 is 1.23 bits per heavy atom. The maximum Gasteiger partial charge on any atom is 0.416 e. The summed E-state index contributed by atoms with van der Waals surface area (Å²) in [5.41, 5.74) is 4.00. The third kappa shape index (κ3) is 4.20. The summed E-state index contributed by atoms with van der Waals surface area (Å²) in [6.45, 7) is 0. The number of hydrogen-bond acceptors (Lipinski definition) is 0. The normalized spacial score (nSPS) is 11.9. The predicted molar refractivity (Wildman–Crippen MR) is 160 cm³/mol. The van der Waals surface area contributed by atoms with Gasteiger partial charge in [-0.15, -0.1) is 0 Å². The molecule has 7 aromatic carbocycles. The lowest BCUT2D eigenvalue weighted by atomic mass is 9.91. The molecule has 0 amide bonds. The minimum Gasteiger partial charge on any atom is -0.166 e. The fourth-order valence-corrected chi connectivity index (χ4v) is 5.70. The first-order valence-electron chi connectivity index (χ1n) is 13.2. The zero-order valence-electron chi connectivity index (χ0n) is 21.4. The Hall–Kier alpha value is -4.89. The summed E-state index contributed by atoms with van der Waals surface area (Å²) in [6, 6.07) is 44.7. The summed E-state index contributed by atoms with van der Waals surface area (Å²) in [5.74, 6) is 0. The van der Waals surface area contributed by atoms with Crippen molar-refractivity contribution in [3.05, 3.63) is 145 Å². The molecule has 0 fully saturated rings. The molecule has 0 aliphatic rings. The zero-order chi connectivity index (χ0) is 27.3. The van der Waals surface area contributed by atoms with Gasteiger partial charge in [0.25, 0.3) is 0 Å². The largest absolute Gasteiger partial charge is 0.416 e. The van der Waals surface area contributed by atoms with Gasteiger partial charge in [-0.05, 0) is 90.0 Å². The van der Waals surface area contributed by atoms with E-state index in [1.54, 1.807) is 0 Å². The molecular formula is C37H23F3. The van der Waals surface area contributed by atoms with Crippen molar-refractivity contribution in [2.45, 2.75) is 6.18 Å². The fourth-order valence-electron chi connectivity index (χ4n) is 5.70. The highest BCUT2D eigenvalue weighted by molar-refractivity contribution is 6.25. The number of benzene rings is 7. The molecule has 0 saturated carbocycles. The lowest BCUT2D eigenvalue weighted by Gasteiger charge is -2.14. The van der Waals surface area contributed by atoms with Crippen molar-refractivity contribution < 1.29 is 13.2 Å². The van der Waals surface area contributed by atoms with Crippen molar-refractivity contribution in [2.75, 3.05) is 0 Å². The zero-order valence-corrected chi connectivity index (χ0v) is 21.4. The van der Waals surface area contributed by atoms with Crippen LogP contribution in [0, 0.1) is 0 Å². The maximum atomic E-state index is 13.8. The Bertz CT molecular complexity index is 1980. The van der Waals surface area contributed by atoms with Gasteiger partial charge in [-0.3, -0.25) is 0 Å². The van der Waals surface area contributed by atoms with E-state index in [1.165, 1.54) is 44.5 Å². The van der Waals surface area contributed by atoms with Gasteiger partial charge in [0.1, 0.15) is 0 Å². The van der Waals surface area contributed by atoms with Crippen LogP contribution in [0.2, 0.25) is 0 Å². The highest BCUT2D eigenvalue weighted by Gasteiger charge is 2.31. The van der Waals surface area contributed by atoms with Crippen LogP contribution in [0.5, 0.6) is 0 Å².